The lowest BCUT2D eigenvalue weighted by Crippen LogP contribution is -2.53. The van der Waals surface area contributed by atoms with Crippen LogP contribution in [0.5, 0.6) is 0 Å². The van der Waals surface area contributed by atoms with Crippen molar-refractivity contribution in [1.29, 1.82) is 0 Å². The Hall–Kier alpha value is -0.770. The van der Waals surface area contributed by atoms with E-state index in [9.17, 15) is 4.79 Å². The van der Waals surface area contributed by atoms with E-state index in [0.29, 0.717) is 6.04 Å². The lowest BCUT2D eigenvalue weighted by molar-refractivity contribution is 0.147. The van der Waals surface area contributed by atoms with E-state index in [1.165, 1.54) is 19.3 Å². The number of hydrogen-bond donors (Lipinski definition) is 1. The minimum Gasteiger partial charge on any atom is -0.335 e. The van der Waals surface area contributed by atoms with Crippen molar-refractivity contribution in [2.24, 2.45) is 0 Å². The third kappa shape index (κ3) is 2.18. The Balaban J connectivity index is 1.74. The summed E-state index contributed by atoms with van der Waals surface area (Å²) >= 11 is 0. The Kier molecular flexibility index (Phi) is 2.91. The molecule has 0 aromatic rings. The predicted octanol–water partition coefficient (Wildman–Crippen LogP) is 0.496. The molecular weight excluding hydrogens is 178 g/mol. The maximum atomic E-state index is 11.7. The highest BCUT2D eigenvalue weighted by Crippen LogP contribution is 2.18. The molecule has 1 aliphatic heterocycles. The predicted molar refractivity (Wildman–Crippen MR) is 55.2 cm³/mol. The van der Waals surface area contributed by atoms with Crippen molar-refractivity contribution in [2.75, 3.05) is 33.2 Å². The zero-order valence-electron chi connectivity index (χ0n) is 8.83. The molecule has 2 aliphatic rings. The monoisotopic (exact) mass is 197 g/mol. The highest BCUT2D eigenvalue weighted by atomic mass is 16.2. The SMILES string of the molecule is CN1CCN(C(=O)NC2CCC2)CC1. The summed E-state index contributed by atoms with van der Waals surface area (Å²) in [6, 6.07) is 0.602. The van der Waals surface area contributed by atoms with Gasteiger partial charge in [0.15, 0.2) is 0 Å². The molecule has 80 valence electrons. The second kappa shape index (κ2) is 4.17. The molecule has 0 aromatic carbocycles. The summed E-state index contributed by atoms with van der Waals surface area (Å²) in [6.45, 7) is 3.74. The smallest absolute Gasteiger partial charge is 0.317 e. The van der Waals surface area contributed by atoms with Crippen LogP contribution in [0.1, 0.15) is 19.3 Å². The van der Waals surface area contributed by atoms with Crippen LogP contribution in [0.4, 0.5) is 4.79 Å². The molecule has 2 amide bonds. The summed E-state index contributed by atoms with van der Waals surface area (Å²) in [4.78, 5) is 15.9. The highest BCUT2D eigenvalue weighted by Gasteiger charge is 2.24. The summed E-state index contributed by atoms with van der Waals surface area (Å²) < 4.78 is 0. The molecule has 0 unspecified atom stereocenters. The van der Waals surface area contributed by atoms with E-state index >= 15 is 0 Å². The van der Waals surface area contributed by atoms with E-state index in [1.54, 1.807) is 0 Å². The van der Waals surface area contributed by atoms with Crippen LogP contribution in [-0.2, 0) is 0 Å². The van der Waals surface area contributed by atoms with E-state index < -0.39 is 0 Å². The maximum Gasteiger partial charge on any atom is 0.317 e. The van der Waals surface area contributed by atoms with Gasteiger partial charge in [0.05, 0.1) is 0 Å². The van der Waals surface area contributed by atoms with E-state index in [4.69, 9.17) is 0 Å². The number of urea groups is 1. The highest BCUT2D eigenvalue weighted by molar-refractivity contribution is 5.74. The van der Waals surface area contributed by atoms with Crippen LogP contribution in [0.25, 0.3) is 0 Å². The first kappa shape index (κ1) is 9.77. The fourth-order valence-electron chi connectivity index (χ4n) is 1.83. The first-order valence-electron chi connectivity index (χ1n) is 5.50. The number of carbonyl (C=O) groups is 1. The Morgan fingerprint density at radius 2 is 1.86 bits per heavy atom. The fourth-order valence-corrected chi connectivity index (χ4v) is 1.83. The number of nitrogens with one attached hydrogen (secondary N) is 1. The van der Waals surface area contributed by atoms with Gasteiger partial charge < -0.3 is 15.1 Å². The van der Waals surface area contributed by atoms with Crippen LogP contribution in [0.2, 0.25) is 0 Å². The van der Waals surface area contributed by atoms with Gasteiger partial charge in [-0.1, -0.05) is 0 Å². The largest absolute Gasteiger partial charge is 0.335 e. The molecule has 2 rings (SSSR count). The average Bonchev–Trinajstić information content (AvgIpc) is 2.12. The molecule has 0 bridgehead atoms. The van der Waals surface area contributed by atoms with Gasteiger partial charge in [0.2, 0.25) is 0 Å². The molecule has 1 saturated heterocycles. The van der Waals surface area contributed by atoms with Gasteiger partial charge in [0, 0.05) is 32.2 Å². The first-order chi connectivity index (χ1) is 6.75. The summed E-state index contributed by atoms with van der Waals surface area (Å²) in [5, 5.41) is 3.07. The number of carbonyl (C=O) groups excluding carboxylic acids is 1. The normalized spacial score (nSPS) is 24.5. The molecular formula is C10H19N3O. The van der Waals surface area contributed by atoms with Crippen LogP contribution in [-0.4, -0.2) is 55.1 Å². The quantitative estimate of drug-likeness (QED) is 0.664. The molecule has 1 aliphatic carbocycles. The van der Waals surface area contributed by atoms with Crippen LogP contribution < -0.4 is 5.32 Å². The Morgan fingerprint density at radius 3 is 2.36 bits per heavy atom. The molecule has 4 heteroatoms. The van der Waals surface area contributed by atoms with Crippen molar-refractivity contribution >= 4 is 6.03 Å². The van der Waals surface area contributed by atoms with Crippen LogP contribution in [0.15, 0.2) is 0 Å². The minimum absolute atomic E-state index is 0.141. The zero-order valence-corrected chi connectivity index (χ0v) is 8.83. The van der Waals surface area contributed by atoms with E-state index in [2.05, 4.69) is 17.3 Å². The summed E-state index contributed by atoms with van der Waals surface area (Å²) in [5.74, 6) is 0. The van der Waals surface area contributed by atoms with Gasteiger partial charge in [0.25, 0.3) is 0 Å². The van der Waals surface area contributed by atoms with Crippen molar-refractivity contribution < 1.29 is 4.79 Å². The maximum absolute atomic E-state index is 11.7. The number of piperazine rings is 1. The number of rotatable bonds is 1. The molecule has 0 spiro atoms. The molecule has 2 fully saturated rings. The van der Waals surface area contributed by atoms with Gasteiger partial charge in [-0.2, -0.15) is 0 Å². The number of amides is 2. The van der Waals surface area contributed by atoms with E-state index in [1.807, 2.05) is 4.90 Å². The minimum atomic E-state index is 0.141. The second-order valence-electron chi connectivity index (χ2n) is 4.37. The lowest BCUT2D eigenvalue weighted by Gasteiger charge is -2.35. The van der Waals surface area contributed by atoms with Crippen LogP contribution in [0.3, 0.4) is 0 Å². The Labute approximate surface area is 85.2 Å². The molecule has 0 radical (unpaired) electrons. The van der Waals surface area contributed by atoms with Crippen molar-refractivity contribution in [2.45, 2.75) is 25.3 Å². The lowest BCUT2D eigenvalue weighted by atomic mass is 9.93. The number of hydrogen-bond acceptors (Lipinski definition) is 2. The fraction of sp³-hybridized carbons (Fsp3) is 0.900. The summed E-state index contributed by atoms with van der Waals surface area (Å²) in [5.41, 5.74) is 0. The van der Waals surface area contributed by atoms with Gasteiger partial charge in [-0.3, -0.25) is 0 Å². The number of nitrogens with zero attached hydrogens (tertiary/aromatic N) is 2. The van der Waals surface area contributed by atoms with E-state index in [0.717, 1.165) is 26.2 Å². The third-order valence-corrected chi connectivity index (χ3v) is 3.22. The third-order valence-electron chi connectivity index (χ3n) is 3.22. The number of likely N-dealkylation sites (N-methyl/N-ethyl adjacent to an activating group) is 1. The molecule has 0 atom stereocenters. The zero-order chi connectivity index (χ0) is 9.97. The first-order valence-corrected chi connectivity index (χ1v) is 5.50. The topological polar surface area (TPSA) is 35.6 Å². The molecule has 1 N–H and O–H groups in total. The molecule has 4 nitrogen and oxygen atoms in total. The molecule has 14 heavy (non-hydrogen) atoms. The van der Waals surface area contributed by atoms with E-state index in [-0.39, 0.29) is 6.03 Å². The second-order valence-corrected chi connectivity index (χ2v) is 4.37. The summed E-state index contributed by atoms with van der Waals surface area (Å²) in [6.07, 6.45) is 3.60. The van der Waals surface area contributed by atoms with Gasteiger partial charge in [-0.05, 0) is 26.3 Å². The van der Waals surface area contributed by atoms with Crippen molar-refractivity contribution in [3.63, 3.8) is 0 Å². The van der Waals surface area contributed by atoms with Crippen LogP contribution >= 0.6 is 0 Å². The molecule has 1 saturated carbocycles. The van der Waals surface area contributed by atoms with Crippen molar-refractivity contribution in [1.82, 2.24) is 15.1 Å². The Bertz CT molecular complexity index is 207. The van der Waals surface area contributed by atoms with Gasteiger partial charge >= 0.3 is 6.03 Å². The average molecular weight is 197 g/mol. The molecule has 0 aromatic heterocycles. The molecule has 1 heterocycles. The van der Waals surface area contributed by atoms with Crippen LogP contribution in [0, 0.1) is 0 Å². The Morgan fingerprint density at radius 1 is 1.21 bits per heavy atom. The van der Waals surface area contributed by atoms with Gasteiger partial charge in [0.1, 0.15) is 0 Å². The van der Waals surface area contributed by atoms with Crippen molar-refractivity contribution in [3.05, 3.63) is 0 Å². The van der Waals surface area contributed by atoms with Crippen molar-refractivity contribution in [3.8, 4) is 0 Å². The standard InChI is InChI=1S/C10H19N3O/c1-12-5-7-13(8-6-12)10(14)11-9-3-2-4-9/h9H,2-8H2,1H3,(H,11,14). The summed E-state index contributed by atoms with van der Waals surface area (Å²) in [7, 11) is 2.10. The van der Waals surface area contributed by atoms with Gasteiger partial charge in [-0.15, -0.1) is 0 Å². The van der Waals surface area contributed by atoms with Gasteiger partial charge in [-0.25, -0.2) is 4.79 Å².